The average molecular weight is 318 g/mol. The minimum absolute atomic E-state index is 0.00961. The molecule has 0 fully saturated rings. The van der Waals surface area contributed by atoms with Gasteiger partial charge in [0.05, 0.1) is 4.88 Å². The molecule has 0 atom stereocenters. The van der Waals surface area contributed by atoms with Crippen LogP contribution >= 0.6 is 11.3 Å². The van der Waals surface area contributed by atoms with Gasteiger partial charge in [-0.05, 0) is 36.8 Å². The van der Waals surface area contributed by atoms with Crippen LogP contribution in [0.15, 0.2) is 36.4 Å². The van der Waals surface area contributed by atoms with Gasteiger partial charge in [-0.3, -0.25) is 9.59 Å². The van der Waals surface area contributed by atoms with Gasteiger partial charge in [0.25, 0.3) is 11.8 Å². The number of nitrogens with one attached hydrogen (secondary N) is 2. The van der Waals surface area contributed by atoms with E-state index in [9.17, 15) is 9.59 Å². The first-order valence-corrected chi connectivity index (χ1v) is 7.67. The molecule has 22 heavy (non-hydrogen) atoms. The van der Waals surface area contributed by atoms with E-state index in [-0.39, 0.29) is 18.4 Å². The van der Waals surface area contributed by atoms with Gasteiger partial charge in [0, 0.05) is 18.5 Å². The van der Waals surface area contributed by atoms with Crippen molar-refractivity contribution in [2.45, 2.75) is 13.5 Å². The average Bonchev–Trinajstić information content (AvgIpc) is 2.97. The SMILES string of the molecule is CNC(=O)COc1ccc(CNC(=O)c2ccc(C)s2)cc1. The Morgan fingerprint density at radius 2 is 1.86 bits per heavy atom. The van der Waals surface area contributed by atoms with Crippen molar-refractivity contribution >= 4 is 23.2 Å². The molecule has 2 aromatic rings. The van der Waals surface area contributed by atoms with Crippen LogP contribution in [0.3, 0.4) is 0 Å². The Bertz CT molecular complexity index is 650. The lowest BCUT2D eigenvalue weighted by Gasteiger charge is -2.07. The first-order valence-electron chi connectivity index (χ1n) is 6.85. The van der Waals surface area contributed by atoms with Gasteiger partial charge in [-0.1, -0.05) is 12.1 Å². The Morgan fingerprint density at radius 1 is 1.14 bits per heavy atom. The second kappa shape index (κ2) is 7.61. The third-order valence-corrected chi connectivity index (χ3v) is 3.99. The molecule has 0 aliphatic rings. The van der Waals surface area contributed by atoms with Crippen LogP contribution < -0.4 is 15.4 Å². The number of carbonyl (C=O) groups excluding carboxylic acids is 2. The van der Waals surface area contributed by atoms with Crippen LogP contribution in [-0.2, 0) is 11.3 Å². The first kappa shape index (κ1) is 16.0. The number of benzene rings is 1. The zero-order valence-corrected chi connectivity index (χ0v) is 13.3. The van der Waals surface area contributed by atoms with Crippen LogP contribution in [0.2, 0.25) is 0 Å². The Kier molecular flexibility index (Phi) is 5.55. The molecule has 6 heteroatoms. The highest BCUT2D eigenvalue weighted by molar-refractivity contribution is 7.13. The normalized spacial score (nSPS) is 10.1. The van der Waals surface area contributed by atoms with E-state index in [1.165, 1.54) is 11.3 Å². The van der Waals surface area contributed by atoms with Crippen LogP contribution in [0.1, 0.15) is 20.1 Å². The summed E-state index contributed by atoms with van der Waals surface area (Å²) in [5.74, 6) is 0.369. The summed E-state index contributed by atoms with van der Waals surface area (Å²) in [5, 5.41) is 5.36. The number of carbonyl (C=O) groups is 2. The maximum atomic E-state index is 11.9. The van der Waals surface area contributed by atoms with Gasteiger partial charge in [0.1, 0.15) is 5.75 Å². The van der Waals surface area contributed by atoms with E-state index in [1.807, 2.05) is 31.2 Å². The van der Waals surface area contributed by atoms with E-state index in [2.05, 4.69) is 10.6 Å². The molecule has 1 aromatic carbocycles. The van der Waals surface area contributed by atoms with Gasteiger partial charge in [0.15, 0.2) is 6.61 Å². The van der Waals surface area contributed by atoms with Crippen LogP contribution in [0.4, 0.5) is 0 Å². The lowest BCUT2D eigenvalue weighted by molar-refractivity contribution is -0.122. The van der Waals surface area contributed by atoms with Gasteiger partial charge in [0.2, 0.25) is 0 Å². The molecule has 5 nitrogen and oxygen atoms in total. The number of hydrogen-bond donors (Lipinski definition) is 2. The molecule has 0 unspecified atom stereocenters. The van der Waals surface area contributed by atoms with Gasteiger partial charge >= 0.3 is 0 Å². The summed E-state index contributed by atoms with van der Waals surface area (Å²) in [6.45, 7) is 2.41. The minimum Gasteiger partial charge on any atom is -0.484 e. The molecule has 2 rings (SSSR count). The molecule has 2 amide bonds. The van der Waals surface area contributed by atoms with Crippen molar-refractivity contribution in [2.24, 2.45) is 0 Å². The zero-order chi connectivity index (χ0) is 15.9. The Balaban J connectivity index is 1.83. The highest BCUT2D eigenvalue weighted by atomic mass is 32.1. The molecule has 1 aromatic heterocycles. The lowest BCUT2D eigenvalue weighted by Crippen LogP contribution is -2.24. The van der Waals surface area contributed by atoms with Crippen molar-refractivity contribution in [2.75, 3.05) is 13.7 Å². The Hall–Kier alpha value is -2.34. The first-order chi connectivity index (χ1) is 10.6. The standard InChI is InChI=1S/C16H18N2O3S/c1-11-3-8-14(22-11)16(20)18-9-12-4-6-13(7-5-12)21-10-15(19)17-2/h3-8H,9-10H2,1-2H3,(H,17,19)(H,18,20). The molecule has 0 saturated heterocycles. The van der Waals surface area contributed by atoms with Gasteiger partial charge in [-0.2, -0.15) is 0 Å². The minimum atomic E-state index is -0.178. The molecule has 0 saturated carbocycles. The summed E-state index contributed by atoms with van der Waals surface area (Å²) in [4.78, 5) is 24.8. The van der Waals surface area contributed by atoms with Gasteiger partial charge < -0.3 is 15.4 Å². The maximum absolute atomic E-state index is 11.9. The van der Waals surface area contributed by atoms with E-state index < -0.39 is 0 Å². The molecule has 0 aliphatic carbocycles. The molecule has 2 N–H and O–H groups in total. The molecule has 1 heterocycles. The molecule has 116 valence electrons. The smallest absolute Gasteiger partial charge is 0.261 e. The van der Waals surface area contributed by atoms with Crippen molar-refractivity contribution in [1.29, 1.82) is 0 Å². The fourth-order valence-corrected chi connectivity index (χ4v) is 2.53. The van der Waals surface area contributed by atoms with Crippen molar-refractivity contribution in [3.8, 4) is 5.75 Å². The van der Waals surface area contributed by atoms with Crippen molar-refractivity contribution in [3.63, 3.8) is 0 Å². The molecule has 0 bridgehead atoms. The van der Waals surface area contributed by atoms with Crippen LogP contribution in [0.5, 0.6) is 5.75 Å². The van der Waals surface area contributed by atoms with Gasteiger partial charge in [-0.15, -0.1) is 11.3 Å². The summed E-state index contributed by atoms with van der Waals surface area (Å²) in [5.41, 5.74) is 0.967. The number of hydrogen-bond acceptors (Lipinski definition) is 4. The van der Waals surface area contributed by atoms with Gasteiger partial charge in [-0.25, -0.2) is 0 Å². The predicted octanol–water partition coefficient (Wildman–Crippen LogP) is 2.11. The number of rotatable bonds is 6. The van der Waals surface area contributed by atoms with Crippen molar-refractivity contribution < 1.29 is 14.3 Å². The molecule has 0 radical (unpaired) electrons. The van der Waals surface area contributed by atoms with E-state index in [4.69, 9.17) is 4.74 Å². The monoisotopic (exact) mass is 318 g/mol. The Morgan fingerprint density at radius 3 is 2.45 bits per heavy atom. The summed E-state index contributed by atoms with van der Waals surface area (Å²) in [6, 6.07) is 11.0. The highest BCUT2D eigenvalue weighted by Crippen LogP contribution is 2.15. The number of amides is 2. The topological polar surface area (TPSA) is 67.4 Å². The second-order valence-corrected chi connectivity index (χ2v) is 5.99. The number of likely N-dealkylation sites (N-methyl/N-ethyl adjacent to an activating group) is 1. The van der Waals surface area contributed by atoms with Crippen LogP contribution in [0.25, 0.3) is 0 Å². The van der Waals surface area contributed by atoms with E-state index in [1.54, 1.807) is 19.2 Å². The quantitative estimate of drug-likeness (QED) is 0.857. The van der Waals surface area contributed by atoms with Crippen molar-refractivity contribution in [1.82, 2.24) is 10.6 Å². The van der Waals surface area contributed by atoms with Crippen molar-refractivity contribution in [3.05, 3.63) is 51.7 Å². The molecule has 0 spiro atoms. The molecular formula is C16H18N2O3S. The fraction of sp³-hybridized carbons (Fsp3) is 0.250. The van der Waals surface area contributed by atoms with Crippen LogP contribution in [-0.4, -0.2) is 25.5 Å². The van der Waals surface area contributed by atoms with Crippen LogP contribution in [0, 0.1) is 6.92 Å². The summed E-state index contributed by atoms with van der Waals surface area (Å²) in [7, 11) is 1.56. The van der Waals surface area contributed by atoms with E-state index in [0.717, 1.165) is 10.4 Å². The molecular weight excluding hydrogens is 300 g/mol. The van der Waals surface area contributed by atoms with E-state index >= 15 is 0 Å². The highest BCUT2D eigenvalue weighted by Gasteiger charge is 2.07. The molecule has 0 aliphatic heterocycles. The van der Waals surface area contributed by atoms with E-state index in [0.29, 0.717) is 17.2 Å². The summed E-state index contributed by atoms with van der Waals surface area (Å²) >= 11 is 1.47. The summed E-state index contributed by atoms with van der Waals surface area (Å²) in [6.07, 6.45) is 0. The number of thiophene rings is 1. The fourth-order valence-electron chi connectivity index (χ4n) is 1.75. The zero-order valence-electron chi connectivity index (χ0n) is 12.5. The Labute approximate surface area is 133 Å². The number of ether oxygens (including phenoxy) is 1. The second-order valence-electron chi connectivity index (χ2n) is 4.70. The third-order valence-electron chi connectivity index (χ3n) is 2.99. The summed E-state index contributed by atoms with van der Waals surface area (Å²) < 4.78 is 5.31. The lowest BCUT2D eigenvalue weighted by atomic mass is 10.2. The largest absolute Gasteiger partial charge is 0.484 e. The predicted molar refractivity (Wildman–Crippen MR) is 86.2 cm³/mol. The maximum Gasteiger partial charge on any atom is 0.261 e. The third kappa shape index (κ3) is 4.60. The number of aryl methyl sites for hydroxylation is 1.